The second kappa shape index (κ2) is 6.47. The van der Waals surface area contributed by atoms with E-state index in [1.807, 2.05) is 0 Å². The number of aromatic nitrogens is 2. The van der Waals surface area contributed by atoms with Crippen LogP contribution in [0, 0.1) is 0 Å². The molecule has 0 saturated carbocycles. The Morgan fingerprint density at radius 2 is 2.00 bits per heavy atom. The fraction of sp³-hybridized carbons (Fsp3) is 0.143. The van der Waals surface area contributed by atoms with E-state index in [0.29, 0.717) is 18.0 Å². The number of carboxylic acid groups (broad SMARTS) is 1. The third-order valence-electron chi connectivity index (χ3n) is 2.70. The van der Waals surface area contributed by atoms with Crippen LogP contribution in [0.2, 0.25) is 0 Å². The normalized spacial score (nSPS) is 9.95. The van der Waals surface area contributed by atoms with Crippen molar-refractivity contribution in [3.63, 3.8) is 0 Å². The summed E-state index contributed by atoms with van der Waals surface area (Å²) >= 11 is 0. The molecule has 2 aromatic rings. The van der Waals surface area contributed by atoms with Crippen molar-refractivity contribution in [2.45, 2.75) is 6.54 Å². The van der Waals surface area contributed by atoms with Crippen molar-refractivity contribution >= 4 is 11.9 Å². The molecule has 2 N–H and O–H groups in total. The Labute approximate surface area is 120 Å². The fourth-order valence-corrected chi connectivity index (χ4v) is 1.58. The number of nitrogens with one attached hydrogen (secondary N) is 1. The minimum absolute atomic E-state index is 0.106. The zero-order valence-corrected chi connectivity index (χ0v) is 11.2. The molecule has 2 heterocycles. The largest absolute Gasteiger partial charge is 0.481 e. The van der Waals surface area contributed by atoms with E-state index in [4.69, 9.17) is 9.84 Å². The molecule has 0 spiro atoms. The molecule has 0 unspecified atom stereocenters. The van der Waals surface area contributed by atoms with Gasteiger partial charge in [0.15, 0.2) is 0 Å². The van der Waals surface area contributed by atoms with Gasteiger partial charge in [-0.1, -0.05) is 6.07 Å². The van der Waals surface area contributed by atoms with Crippen molar-refractivity contribution in [2.24, 2.45) is 0 Å². The number of ether oxygens (including phenoxy) is 1. The SMILES string of the molecule is COc1ccc(CNC(=O)c2ccc(C(=O)O)nc2)cn1. The van der Waals surface area contributed by atoms with Crippen LogP contribution < -0.4 is 10.1 Å². The summed E-state index contributed by atoms with van der Waals surface area (Å²) in [7, 11) is 1.53. The van der Waals surface area contributed by atoms with Crippen molar-refractivity contribution < 1.29 is 19.4 Å². The highest BCUT2D eigenvalue weighted by Crippen LogP contribution is 2.07. The van der Waals surface area contributed by atoms with Gasteiger partial charge in [-0.15, -0.1) is 0 Å². The van der Waals surface area contributed by atoms with Gasteiger partial charge in [0, 0.05) is 25.0 Å². The zero-order chi connectivity index (χ0) is 15.2. The van der Waals surface area contributed by atoms with E-state index < -0.39 is 5.97 Å². The first-order valence-corrected chi connectivity index (χ1v) is 6.06. The van der Waals surface area contributed by atoms with Gasteiger partial charge in [-0.05, 0) is 17.7 Å². The van der Waals surface area contributed by atoms with Crippen LogP contribution in [0.25, 0.3) is 0 Å². The average Bonchev–Trinajstić information content (AvgIpc) is 2.53. The quantitative estimate of drug-likeness (QED) is 0.854. The summed E-state index contributed by atoms with van der Waals surface area (Å²) in [6, 6.07) is 6.19. The van der Waals surface area contributed by atoms with Crippen LogP contribution in [0.15, 0.2) is 36.7 Å². The summed E-state index contributed by atoms with van der Waals surface area (Å²) in [5.74, 6) is -0.972. The van der Waals surface area contributed by atoms with Crippen LogP contribution in [0.3, 0.4) is 0 Å². The molecule has 0 aromatic carbocycles. The van der Waals surface area contributed by atoms with E-state index >= 15 is 0 Å². The highest BCUT2D eigenvalue weighted by Gasteiger charge is 2.09. The van der Waals surface area contributed by atoms with Gasteiger partial charge in [0.2, 0.25) is 5.88 Å². The molecule has 0 aliphatic carbocycles. The number of aromatic carboxylic acids is 1. The first kappa shape index (κ1) is 14.4. The third kappa shape index (κ3) is 3.75. The van der Waals surface area contributed by atoms with Crippen LogP contribution in [-0.2, 0) is 6.54 Å². The number of amides is 1. The van der Waals surface area contributed by atoms with E-state index in [9.17, 15) is 9.59 Å². The molecule has 0 aliphatic rings. The van der Waals surface area contributed by atoms with E-state index in [1.54, 1.807) is 18.3 Å². The van der Waals surface area contributed by atoms with Crippen LogP contribution in [0.4, 0.5) is 0 Å². The second-order valence-corrected chi connectivity index (χ2v) is 4.13. The van der Waals surface area contributed by atoms with Gasteiger partial charge in [0.25, 0.3) is 5.91 Å². The summed E-state index contributed by atoms with van der Waals surface area (Å²) in [6.45, 7) is 0.302. The molecular formula is C14H13N3O4. The Morgan fingerprint density at radius 1 is 1.19 bits per heavy atom. The van der Waals surface area contributed by atoms with Gasteiger partial charge >= 0.3 is 5.97 Å². The van der Waals surface area contributed by atoms with Crippen LogP contribution in [-0.4, -0.2) is 34.1 Å². The first-order chi connectivity index (χ1) is 10.1. The van der Waals surface area contributed by atoms with Crippen LogP contribution >= 0.6 is 0 Å². The van der Waals surface area contributed by atoms with Gasteiger partial charge in [-0.2, -0.15) is 0 Å². The fourth-order valence-electron chi connectivity index (χ4n) is 1.58. The number of carboxylic acids is 1. The average molecular weight is 287 g/mol. The maximum atomic E-state index is 11.9. The summed E-state index contributed by atoms with van der Waals surface area (Å²) in [6.07, 6.45) is 2.83. The van der Waals surface area contributed by atoms with E-state index in [0.717, 1.165) is 5.56 Å². The lowest BCUT2D eigenvalue weighted by atomic mass is 10.2. The van der Waals surface area contributed by atoms with Gasteiger partial charge in [0.1, 0.15) is 5.69 Å². The van der Waals surface area contributed by atoms with Crippen molar-refractivity contribution in [1.82, 2.24) is 15.3 Å². The van der Waals surface area contributed by atoms with Gasteiger partial charge in [-0.3, -0.25) is 4.79 Å². The molecule has 21 heavy (non-hydrogen) atoms. The number of hydrogen-bond donors (Lipinski definition) is 2. The lowest BCUT2D eigenvalue weighted by molar-refractivity contribution is 0.0689. The van der Waals surface area contributed by atoms with Gasteiger partial charge < -0.3 is 15.2 Å². The molecule has 7 heteroatoms. The van der Waals surface area contributed by atoms with Crippen molar-refractivity contribution in [1.29, 1.82) is 0 Å². The molecule has 0 fully saturated rings. The first-order valence-electron chi connectivity index (χ1n) is 6.06. The Hall–Kier alpha value is -2.96. The molecule has 2 aromatic heterocycles. The lowest BCUT2D eigenvalue weighted by Crippen LogP contribution is -2.23. The maximum Gasteiger partial charge on any atom is 0.354 e. The smallest absolute Gasteiger partial charge is 0.354 e. The molecule has 1 amide bonds. The number of methoxy groups -OCH3 is 1. The predicted molar refractivity (Wildman–Crippen MR) is 73.2 cm³/mol. The molecule has 0 atom stereocenters. The Morgan fingerprint density at radius 3 is 2.52 bits per heavy atom. The highest BCUT2D eigenvalue weighted by atomic mass is 16.5. The van der Waals surface area contributed by atoms with Crippen LogP contribution in [0.1, 0.15) is 26.4 Å². The van der Waals surface area contributed by atoms with E-state index in [1.165, 1.54) is 25.4 Å². The number of rotatable bonds is 5. The van der Waals surface area contributed by atoms with Gasteiger partial charge in [0.05, 0.1) is 12.7 Å². The summed E-state index contributed by atoms with van der Waals surface area (Å²) < 4.78 is 4.94. The third-order valence-corrected chi connectivity index (χ3v) is 2.70. The lowest BCUT2D eigenvalue weighted by Gasteiger charge is -2.06. The topological polar surface area (TPSA) is 101 Å². The molecule has 0 aliphatic heterocycles. The summed E-state index contributed by atoms with van der Waals surface area (Å²) in [4.78, 5) is 30.3. The molecule has 2 rings (SSSR count). The molecular weight excluding hydrogens is 274 g/mol. The number of carbonyl (C=O) groups is 2. The predicted octanol–water partition coefficient (Wildman–Crippen LogP) is 1.11. The summed E-state index contributed by atoms with van der Waals surface area (Å²) in [5.41, 5.74) is 1.01. The van der Waals surface area contributed by atoms with Gasteiger partial charge in [-0.25, -0.2) is 14.8 Å². The summed E-state index contributed by atoms with van der Waals surface area (Å²) in [5, 5.41) is 11.4. The van der Waals surface area contributed by atoms with Crippen molar-refractivity contribution in [2.75, 3.05) is 7.11 Å². The zero-order valence-electron chi connectivity index (χ0n) is 11.2. The Balaban J connectivity index is 1.95. The number of carbonyl (C=O) groups excluding carboxylic acids is 1. The van der Waals surface area contributed by atoms with Crippen LogP contribution in [0.5, 0.6) is 5.88 Å². The highest BCUT2D eigenvalue weighted by molar-refractivity contribution is 5.94. The molecule has 0 bridgehead atoms. The minimum Gasteiger partial charge on any atom is -0.481 e. The Bertz CT molecular complexity index is 638. The molecule has 0 saturated heterocycles. The van der Waals surface area contributed by atoms with E-state index in [2.05, 4.69) is 15.3 Å². The maximum absolute atomic E-state index is 11.9. The Kier molecular flexibility index (Phi) is 4.45. The standard InChI is InChI=1S/C14H13N3O4/c1-21-12-5-2-9(6-16-12)7-17-13(18)10-3-4-11(14(19)20)15-8-10/h2-6,8H,7H2,1H3,(H,17,18)(H,19,20). The monoisotopic (exact) mass is 287 g/mol. The van der Waals surface area contributed by atoms with Crippen molar-refractivity contribution in [3.05, 3.63) is 53.5 Å². The number of nitrogens with zero attached hydrogens (tertiary/aromatic N) is 2. The molecule has 7 nitrogen and oxygen atoms in total. The van der Waals surface area contributed by atoms with Crippen molar-refractivity contribution in [3.8, 4) is 5.88 Å². The number of hydrogen-bond acceptors (Lipinski definition) is 5. The minimum atomic E-state index is -1.13. The van der Waals surface area contributed by atoms with E-state index in [-0.39, 0.29) is 11.6 Å². The second-order valence-electron chi connectivity index (χ2n) is 4.13. The number of pyridine rings is 2. The molecule has 0 radical (unpaired) electrons. The molecule has 108 valence electrons.